The number of piperidine rings is 1. The van der Waals surface area contributed by atoms with Crippen molar-refractivity contribution in [1.82, 2.24) is 10.2 Å². The molecule has 31 heavy (non-hydrogen) atoms. The molecule has 3 N–H and O–H groups in total. The quantitative estimate of drug-likeness (QED) is 0.720. The third kappa shape index (κ3) is 3.19. The van der Waals surface area contributed by atoms with E-state index in [1.807, 2.05) is 24.3 Å². The fourth-order valence-electron chi connectivity index (χ4n) is 4.75. The maximum absolute atomic E-state index is 13.0. The Morgan fingerprint density at radius 3 is 2.39 bits per heavy atom. The molecule has 3 heterocycles. The summed E-state index contributed by atoms with van der Waals surface area (Å²) in [4.78, 5) is 52.7. The summed E-state index contributed by atoms with van der Waals surface area (Å²) in [5, 5.41) is 2.21. The van der Waals surface area contributed by atoms with E-state index >= 15 is 0 Å². The Bertz CT molecular complexity index is 1100. The lowest BCUT2D eigenvalue weighted by Gasteiger charge is -2.27. The van der Waals surface area contributed by atoms with Gasteiger partial charge in [-0.3, -0.25) is 29.4 Å². The number of nitrogens with one attached hydrogen (secondary N) is 1. The molecule has 3 aliphatic heterocycles. The van der Waals surface area contributed by atoms with Crippen molar-refractivity contribution in [3.8, 4) is 0 Å². The van der Waals surface area contributed by atoms with Gasteiger partial charge in [0.2, 0.25) is 11.8 Å². The van der Waals surface area contributed by atoms with Crippen LogP contribution in [0.3, 0.4) is 0 Å². The molecule has 2 aromatic carbocycles. The molecule has 0 saturated carbocycles. The van der Waals surface area contributed by atoms with E-state index in [0.717, 1.165) is 10.6 Å². The van der Waals surface area contributed by atoms with Crippen molar-refractivity contribution >= 4 is 29.3 Å². The predicted molar refractivity (Wildman–Crippen MR) is 112 cm³/mol. The number of nitrogens with zero attached hydrogens (tertiary/aromatic N) is 2. The van der Waals surface area contributed by atoms with Gasteiger partial charge in [-0.1, -0.05) is 30.3 Å². The van der Waals surface area contributed by atoms with Crippen molar-refractivity contribution < 1.29 is 19.2 Å². The molecule has 0 aromatic heterocycles. The highest BCUT2D eigenvalue weighted by Crippen LogP contribution is 2.34. The van der Waals surface area contributed by atoms with E-state index in [4.69, 9.17) is 5.73 Å². The summed E-state index contributed by atoms with van der Waals surface area (Å²) in [6.07, 6.45) is 0.240. The molecule has 4 amide bonds. The van der Waals surface area contributed by atoms with Crippen LogP contribution in [-0.2, 0) is 9.59 Å². The number of anilines is 1. The summed E-state index contributed by atoms with van der Waals surface area (Å²) >= 11 is 0. The molecular weight excluding hydrogens is 396 g/mol. The van der Waals surface area contributed by atoms with Gasteiger partial charge in [0.05, 0.1) is 11.1 Å². The number of hydrogen-bond acceptors (Lipinski definition) is 6. The van der Waals surface area contributed by atoms with Gasteiger partial charge in [0.25, 0.3) is 11.8 Å². The Kier molecular flexibility index (Phi) is 4.59. The average Bonchev–Trinajstić information content (AvgIpc) is 3.27. The molecule has 3 aliphatic rings. The van der Waals surface area contributed by atoms with Crippen LogP contribution in [0.15, 0.2) is 48.5 Å². The minimum Gasteiger partial charge on any atom is -0.369 e. The highest BCUT2D eigenvalue weighted by molar-refractivity contribution is 6.23. The molecule has 3 atom stereocenters. The molecule has 158 valence electrons. The van der Waals surface area contributed by atoms with Crippen molar-refractivity contribution in [1.29, 1.82) is 0 Å². The fourth-order valence-corrected chi connectivity index (χ4v) is 4.75. The number of nitrogens with two attached hydrogens (primary N) is 1. The van der Waals surface area contributed by atoms with Crippen LogP contribution in [0.5, 0.6) is 0 Å². The van der Waals surface area contributed by atoms with Crippen LogP contribution in [0.1, 0.15) is 45.0 Å². The number of rotatable bonds is 3. The minimum absolute atomic E-state index is 0.0482. The van der Waals surface area contributed by atoms with Crippen LogP contribution in [0, 0.1) is 0 Å². The first-order chi connectivity index (χ1) is 14.9. The Hall–Kier alpha value is -3.52. The molecule has 0 spiro atoms. The van der Waals surface area contributed by atoms with Gasteiger partial charge in [0.1, 0.15) is 6.04 Å². The monoisotopic (exact) mass is 418 g/mol. The van der Waals surface area contributed by atoms with Gasteiger partial charge in [0, 0.05) is 37.2 Å². The number of benzene rings is 2. The molecular formula is C23H22N4O4. The van der Waals surface area contributed by atoms with E-state index < -0.39 is 29.7 Å². The number of carbonyl (C=O) groups is 4. The molecule has 2 saturated heterocycles. The molecule has 2 fully saturated rings. The molecule has 5 rings (SSSR count). The number of hydrogen-bond donors (Lipinski definition) is 2. The molecule has 0 aliphatic carbocycles. The second-order valence-corrected chi connectivity index (χ2v) is 8.26. The SMILES string of the molecule is N[C@@H]1CN(c2ccc3c(c2)C(=O)N(C2CCC(=O)NC2=O)C3=O)C[C@H]1c1ccccc1. The number of carbonyl (C=O) groups excluding carboxylic acids is 4. The lowest BCUT2D eigenvalue weighted by atomic mass is 9.95. The molecule has 0 bridgehead atoms. The van der Waals surface area contributed by atoms with Crippen LogP contribution in [0.4, 0.5) is 5.69 Å². The van der Waals surface area contributed by atoms with Gasteiger partial charge in [-0.05, 0) is 30.2 Å². The zero-order chi connectivity index (χ0) is 21.7. The van der Waals surface area contributed by atoms with Crippen molar-refractivity contribution in [2.75, 3.05) is 18.0 Å². The Morgan fingerprint density at radius 1 is 0.903 bits per heavy atom. The number of fused-ring (bicyclic) bond motifs is 1. The van der Waals surface area contributed by atoms with E-state index in [0.29, 0.717) is 13.1 Å². The third-order valence-corrected chi connectivity index (χ3v) is 6.38. The van der Waals surface area contributed by atoms with Gasteiger partial charge >= 0.3 is 0 Å². The summed E-state index contributed by atoms with van der Waals surface area (Å²) in [6, 6.07) is 14.2. The summed E-state index contributed by atoms with van der Waals surface area (Å²) in [7, 11) is 0. The Balaban J connectivity index is 1.40. The molecule has 1 unspecified atom stereocenters. The van der Waals surface area contributed by atoms with Crippen LogP contribution in [0.2, 0.25) is 0 Å². The van der Waals surface area contributed by atoms with E-state index in [1.165, 1.54) is 5.56 Å². The normalized spacial score (nSPS) is 25.8. The second kappa shape index (κ2) is 7.31. The molecule has 8 heteroatoms. The maximum Gasteiger partial charge on any atom is 0.262 e. The van der Waals surface area contributed by atoms with Gasteiger partial charge in [-0.25, -0.2) is 0 Å². The maximum atomic E-state index is 13.0. The first kappa shape index (κ1) is 19.4. The molecule has 8 nitrogen and oxygen atoms in total. The zero-order valence-electron chi connectivity index (χ0n) is 16.8. The smallest absolute Gasteiger partial charge is 0.262 e. The highest BCUT2D eigenvalue weighted by atomic mass is 16.2. The third-order valence-electron chi connectivity index (χ3n) is 6.38. The van der Waals surface area contributed by atoms with Crippen molar-refractivity contribution in [3.63, 3.8) is 0 Å². The second-order valence-electron chi connectivity index (χ2n) is 8.26. The van der Waals surface area contributed by atoms with Crippen LogP contribution in [0.25, 0.3) is 0 Å². The van der Waals surface area contributed by atoms with E-state index in [2.05, 4.69) is 22.3 Å². The Morgan fingerprint density at radius 2 is 1.65 bits per heavy atom. The van der Waals surface area contributed by atoms with Crippen LogP contribution >= 0.6 is 0 Å². The number of amides is 4. The highest BCUT2D eigenvalue weighted by Gasteiger charge is 2.45. The Labute approximate surface area is 179 Å². The average molecular weight is 418 g/mol. The van der Waals surface area contributed by atoms with Gasteiger partial charge in [-0.15, -0.1) is 0 Å². The van der Waals surface area contributed by atoms with E-state index in [9.17, 15) is 19.2 Å². The largest absolute Gasteiger partial charge is 0.369 e. The first-order valence-corrected chi connectivity index (χ1v) is 10.3. The predicted octanol–water partition coefficient (Wildman–Crippen LogP) is 1.02. The number of imide groups is 2. The van der Waals surface area contributed by atoms with Gasteiger partial charge in [-0.2, -0.15) is 0 Å². The summed E-state index contributed by atoms with van der Waals surface area (Å²) < 4.78 is 0. The fraction of sp³-hybridized carbons (Fsp3) is 0.304. The van der Waals surface area contributed by atoms with Crippen LogP contribution in [-0.4, -0.2) is 53.7 Å². The summed E-state index contributed by atoms with van der Waals surface area (Å²) in [6.45, 7) is 1.35. The molecule has 2 aromatic rings. The topological polar surface area (TPSA) is 113 Å². The lowest BCUT2D eigenvalue weighted by Crippen LogP contribution is -2.54. The van der Waals surface area contributed by atoms with Crippen molar-refractivity contribution in [2.24, 2.45) is 5.73 Å². The van der Waals surface area contributed by atoms with Gasteiger partial charge in [0.15, 0.2) is 0 Å². The zero-order valence-corrected chi connectivity index (χ0v) is 16.8. The van der Waals surface area contributed by atoms with Crippen molar-refractivity contribution in [2.45, 2.75) is 30.8 Å². The molecule has 0 radical (unpaired) electrons. The standard InChI is InChI=1S/C23H22N4O4/c24-18-12-26(11-17(18)13-4-2-1-3-5-13)14-6-7-15-16(10-14)23(31)27(22(15)30)19-8-9-20(28)25-21(19)29/h1-7,10,17-19H,8-9,11-12,24H2,(H,25,28,29)/t17-,18+,19?/m0/s1. The summed E-state index contributed by atoms with van der Waals surface area (Å²) in [5.74, 6) is -1.83. The minimum atomic E-state index is -0.962. The van der Waals surface area contributed by atoms with E-state index in [-0.39, 0.29) is 35.9 Å². The van der Waals surface area contributed by atoms with E-state index in [1.54, 1.807) is 12.1 Å². The summed E-state index contributed by atoms with van der Waals surface area (Å²) in [5.41, 5.74) is 8.96. The van der Waals surface area contributed by atoms with Crippen molar-refractivity contribution in [3.05, 3.63) is 65.2 Å². The first-order valence-electron chi connectivity index (χ1n) is 10.3. The van der Waals surface area contributed by atoms with Gasteiger partial charge < -0.3 is 10.6 Å². The lowest BCUT2D eigenvalue weighted by molar-refractivity contribution is -0.136. The van der Waals surface area contributed by atoms with Crippen LogP contribution < -0.4 is 16.0 Å².